The second-order valence-electron chi connectivity index (χ2n) is 6.98. The Morgan fingerprint density at radius 1 is 1.06 bits per heavy atom. The Morgan fingerprint density at radius 2 is 1.70 bits per heavy atom. The molecule has 6 nitrogen and oxygen atoms in total. The monoisotopic (exact) mass is 482 g/mol. The van der Waals surface area contributed by atoms with Gasteiger partial charge < -0.3 is 10.2 Å². The number of carboxylic acids is 1. The number of hydrogen-bond donors (Lipinski definition) is 1. The summed E-state index contributed by atoms with van der Waals surface area (Å²) in [4.78, 5) is 23.3. The average Bonchev–Trinajstić information content (AvgIpc) is 3.22. The summed E-state index contributed by atoms with van der Waals surface area (Å²) in [6, 6.07) is 12.3. The largest absolute Gasteiger partial charge is 1.00 e. The molecular formula is C23H18F3KN2O4. The molecule has 0 saturated heterocycles. The van der Waals surface area contributed by atoms with Crippen molar-refractivity contribution >= 4 is 17.8 Å². The normalized spacial score (nSPS) is 12.4. The Labute approximate surface area is 230 Å². The molecular weight excluding hydrogens is 464 g/mol. The van der Waals surface area contributed by atoms with Crippen LogP contribution < -0.4 is 56.5 Å². The molecule has 0 spiro atoms. The van der Waals surface area contributed by atoms with Crippen LogP contribution in [0.1, 0.15) is 32.7 Å². The van der Waals surface area contributed by atoms with E-state index in [2.05, 4.69) is 5.10 Å². The summed E-state index contributed by atoms with van der Waals surface area (Å²) in [7, 11) is 0. The number of nitrogens with zero attached hydrogens (tertiary/aromatic N) is 2. The fourth-order valence-corrected chi connectivity index (χ4v) is 2.98. The minimum absolute atomic E-state index is 0. The number of aliphatic carboxylic acids is 1. The van der Waals surface area contributed by atoms with Crippen LogP contribution in [0.2, 0.25) is 0 Å². The second-order valence-corrected chi connectivity index (χ2v) is 6.98. The van der Waals surface area contributed by atoms with Crippen molar-refractivity contribution in [3.8, 4) is 0 Å². The number of allylic oxidation sites excluding steroid dienone is 1. The van der Waals surface area contributed by atoms with E-state index in [1.165, 1.54) is 16.9 Å². The molecule has 0 aliphatic carbocycles. The summed E-state index contributed by atoms with van der Waals surface area (Å²) in [6.07, 6.45) is -1.34. The van der Waals surface area contributed by atoms with E-state index in [0.29, 0.717) is 5.56 Å². The molecule has 2 aromatic carbocycles. The Kier molecular flexibility index (Phi) is 9.77. The molecule has 1 atom stereocenters. The molecule has 1 N–H and O–H groups in total. The molecule has 0 aliphatic rings. The first-order valence-electron chi connectivity index (χ1n) is 9.53. The van der Waals surface area contributed by atoms with Gasteiger partial charge in [-0.2, -0.15) is 18.3 Å². The van der Waals surface area contributed by atoms with Crippen LogP contribution in [0.5, 0.6) is 0 Å². The van der Waals surface area contributed by atoms with E-state index in [1.807, 2.05) is 0 Å². The third-order valence-electron chi connectivity index (χ3n) is 4.69. The molecule has 3 rings (SSSR count). The number of carboxylic acid groups (broad SMARTS) is 1. The van der Waals surface area contributed by atoms with Crippen LogP contribution in [0.3, 0.4) is 0 Å². The molecule has 0 bridgehead atoms. The van der Waals surface area contributed by atoms with E-state index < -0.39 is 29.6 Å². The van der Waals surface area contributed by atoms with Gasteiger partial charge in [0.1, 0.15) is 5.69 Å². The Bertz CT molecular complexity index is 1120. The second kappa shape index (κ2) is 11.9. The number of aromatic nitrogens is 2. The van der Waals surface area contributed by atoms with E-state index in [4.69, 9.17) is 5.11 Å². The number of carbonyl (C=O) groups excluding carboxylic acids is 1. The minimum Gasteiger partial charge on any atom is -0.844 e. The summed E-state index contributed by atoms with van der Waals surface area (Å²) in [5.74, 6) is -1.84. The molecule has 0 radical (unpaired) electrons. The molecule has 0 fully saturated rings. The van der Waals surface area contributed by atoms with Gasteiger partial charge in [0.25, 0.3) is 5.97 Å². The van der Waals surface area contributed by atoms with Crippen LogP contribution in [-0.2, 0) is 23.9 Å². The predicted octanol–water partition coefficient (Wildman–Crippen LogP) is 0.206. The molecule has 3 aromatic rings. The molecule has 1 heterocycles. The van der Waals surface area contributed by atoms with Crippen molar-refractivity contribution < 1.29 is 84.4 Å². The van der Waals surface area contributed by atoms with Crippen molar-refractivity contribution in [2.24, 2.45) is 0 Å². The number of alkyl halides is 3. The maximum Gasteiger partial charge on any atom is 1.00 e. The maximum atomic E-state index is 12.7. The topological polar surface area (TPSA) is 95.3 Å². The average molecular weight is 482 g/mol. The van der Waals surface area contributed by atoms with Gasteiger partial charge in [-0.3, -0.25) is 14.3 Å². The number of benzene rings is 2. The van der Waals surface area contributed by atoms with Gasteiger partial charge in [-0.1, -0.05) is 48.6 Å². The van der Waals surface area contributed by atoms with Crippen LogP contribution in [-0.4, -0.2) is 32.7 Å². The zero-order valence-corrected chi connectivity index (χ0v) is 20.7. The zero-order chi connectivity index (χ0) is 23.3. The van der Waals surface area contributed by atoms with Crippen LogP contribution in [0.15, 0.2) is 66.9 Å². The standard InChI is InChI=1S/C23H18F3N2O4.K/c24-23(25,26)18-9-7-17(8-10-18)21(30)19-11-12-27-28(19)13-1-2-15-3-5-16(6-4-15)14-20(29)22(31)32;/h1-12,20H,13-14H2,(H,31,32);/q-1;+1/b2-1+;/t20-;/m0./s1. The fourth-order valence-electron chi connectivity index (χ4n) is 2.98. The Hall–Kier alpha value is -2.08. The minimum atomic E-state index is -4.47. The first-order valence-corrected chi connectivity index (χ1v) is 9.53. The number of carbonyl (C=O) groups is 2. The molecule has 166 valence electrons. The van der Waals surface area contributed by atoms with Crippen LogP contribution in [0.25, 0.3) is 6.08 Å². The quantitative estimate of drug-likeness (QED) is 0.366. The zero-order valence-electron chi connectivity index (χ0n) is 17.6. The maximum absolute atomic E-state index is 12.7. The van der Waals surface area contributed by atoms with E-state index in [-0.39, 0.29) is 75.6 Å². The van der Waals surface area contributed by atoms with Crippen molar-refractivity contribution in [1.82, 2.24) is 9.78 Å². The summed E-state index contributed by atoms with van der Waals surface area (Å²) >= 11 is 0. The van der Waals surface area contributed by atoms with Gasteiger partial charge in [-0.15, -0.1) is 0 Å². The Balaban J connectivity index is 0.00000385. The molecule has 10 heteroatoms. The van der Waals surface area contributed by atoms with E-state index in [1.54, 1.807) is 36.4 Å². The van der Waals surface area contributed by atoms with E-state index >= 15 is 0 Å². The van der Waals surface area contributed by atoms with Crippen molar-refractivity contribution in [3.05, 3.63) is 94.8 Å². The first-order chi connectivity index (χ1) is 15.1. The van der Waals surface area contributed by atoms with Gasteiger partial charge in [0, 0.05) is 11.8 Å². The van der Waals surface area contributed by atoms with Gasteiger partial charge in [-0.05, 0) is 41.9 Å². The third-order valence-corrected chi connectivity index (χ3v) is 4.69. The van der Waals surface area contributed by atoms with Crippen molar-refractivity contribution in [3.63, 3.8) is 0 Å². The van der Waals surface area contributed by atoms with Gasteiger partial charge in [0.2, 0.25) is 5.78 Å². The fraction of sp³-hybridized carbons (Fsp3) is 0.174. The molecule has 0 unspecified atom stereocenters. The van der Waals surface area contributed by atoms with Crippen LogP contribution >= 0.6 is 0 Å². The third kappa shape index (κ3) is 7.46. The molecule has 1 aromatic heterocycles. The first kappa shape index (κ1) is 27.2. The number of rotatable bonds is 8. The smallest absolute Gasteiger partial charge is 0.844 e. The van der Waals surface area contributed by atoms with Crippen LogP contribution in [0.4, 0.5) is 13.2 Å². The molecule has 33 heavy (non-hydrogen) atoms. The SMILES string of the molecule is O=C(c1ccc(C(F)(F)F)cc1)c1ccnn1C/C=C/c1ccc(C[C@H]([O-])C(=O)O)cc1.[K+]. The summed E-state index contributed by atoms with van der Waals surface area (Å²) in [6.45, 7) is 0.248. The number of ketones is 1. The van der Waals surface area contributed by atoms with Gasteiger partial charge >= 0.3 is 57.6 Å². The van der Waals surface area contributed by atoms with Crippen LogP contribution in [0, 0.1) is 0 Å². The van der Waals surface area contributed by atoms with Crippen molar-refractivity contribution in [2.45, 2.75) is 25.2 Å². The number of hydrogen-bond acceptors (Lipinski definition) is 4. The van der Waals surface area contributed by atoms with Crippen molar-refractivity contribution in [2.75, 3.05) is 0 Å². The van der Waals surface area contributed by atoms with Gasteiger partial charge in [-0.25, -0.2) is 0 Å². The van der Waals surface area contributed by atoms with E-state index in [9.17, 15) is 27.9 Å². The predicted molar refractivity (Wildman–Crippen MR) is 108 cm³/mol. The molecule has 0 aliphatic heterocycles. The van der Waals surface area contributed by atoms with Crippen molar-refractivity contribution in [1.29, 1.82) is 0 Å². The molecule has 0 amide bonds. The molecule has 0 saturated carbocycles. The Morgan fingerprint density at radius 3 is 2.27 bits per heavy atom. The van der Waals surface area contributed by atoms with Gasteiger partial charge in [0.05, 0.1) is 12.1 Å². The summed E-state index contributed by atoms with van der Waals surface area (Å²) < 4.78 is 39.5. The van der Waals surface area contributed by atoms with Gasteiger partial charge in [0.15, 0.2) is 0 Å². The summed E-state index contributed by atoms with van der Waals surface area (Å²) in [5, 5.41) is 24.1. The van der Waals surface area contributed by atoms with E-state index in [0.717, 1.165) is 29.8 Å². The summed E-state index contributed by atoms with van der Waals surface area (Å²) in [5.41, 5.74) is 0.942. The number of halogens is 3.